The minimum atomic E-state index is -0.534. The zero-order valence-electron chi connectivity index (χ0n) is 22.1. The summed E-state index contributed by atoms with van der Waals surface area (Å²) in [5, 5.41) is 0.537. The van der Waals surface area contributed by atoms with Crippen molar-refractivity contribution in [2.45, 2.75) is 72.8 Å². The molecule has 1 unspecified atom stereocenters. The van der Waals surface area contributed by atoms with Crippen LogP contribution in [-0.4, -0.2) is 30.6 Å². The van der Waals surface area contributed by atoms with Gasteiger partial charge in [-0.05, 0) is 68.5 Å². The third-order valence-corrected chi connectivity index (χ3v) is 6.75. The summed E-state index contributed by atoms with van der Waals surface area (Å²) >= 11 is 0. The summed E-state index contributed by atoms with van der Waals surface area (Å²) < 4.78 is 18.1. The maximum atomic E-state index is 13.9. The van der Waals surface area contributed by atoms with E-state index in [4.69, 9.17) is 13.9 Å². The third-order valence-electron chi connectivity index (χ3n) is 6.75. The molecule has 0 spiro atoms. The fourth-order valence-electron chi connectivity index (χ4n) is 5.04. The zero-order chi connectivity index (χ0) is 25.8. The van der Waals surface area contributed by atoms with Crippen LogP contribution < -0.4 is 14.9 Å². The van der Waals surface area contributed by atoms with Crippen LogP contribution in [-0.2, 0) is 0 Å². The number of aryl methyl sites for hydroxylation is 2. The SMILES string of the molecule is CCCCCOc1ccc(C2c3c(oc4cc(C)cc(C)c4c3=O)C(=O)N2CCCC)cc1OCC. The molecule has 0 saturated heterocycles. The Kier molecular flexibility index (Phi) is 8.02. The molecule has 0 N–H and O–H groups in total. The first-order valence-corrected chi connectivity index (χ1v) is 13.2. The average Bonchev–Trinajstić information content (AvgIpc) is 3.12. The van der Waals surface area contributed by atoms with Gasteiger partial charge in [0.2, 0.25) is 5.76 Å². The summed E-state index contributed by atoms with van der Waals surface area (Å²) in [5.41, 5.74) is 3.40. The Morgan fingerprint density at radius 2 is 1.69 bits per heavy atom. The van der Waals surface area contributed by atoms with E-state index in [1.165, 1.54) is 0 Å². The number of ether oxygens (including phenoxy) is 2. The molecule has 6 nitrogen and oxygen atoms in total. The monoisotopic (exact) mass is 491 g/mol. The molecular weight excluding hydrogens is 454 g/mol. The molecule has 1 atom stereocenters. The fraction of sp³-hybridized carbons (Fsp3) is 0.467. The van der Waals surface area contributed by atoms with E-state index in [0.29, 0.717) is 47.8 Å². The number of hydrogen-bond acceptors (Lipinski definition) is 5. The van der Waals surface area contributed by atoms with Gasteiger partial charge in [0.15, 0.2) is 16.9 Å². The van der Waals surface area contributed by atoms with Gasteiger partial charge in [-0.1, -0.05) is 45.2 Å². The molecule has 1 aliphatic heterocycles. The molecule has 0 radical (unpaired) electrons. The Morgan fingerprint density at radius 3 is 2.42 bits per heavy atom. The molecule has 4 rings (SSSR count). The van der Waals surface area contributed by atoms with Crippen molar-refractivity contribution in [3.8, 4) is 11.5 Å². The lowest BCUT2D eigenvalue weighted by molar-refractivity contribution is 0.0725. The van der Waals surface area contributed by atoms with Gasteiger partial charge < -0.3 is 18.8 Å². The number of unbranched alkanes of at least 4 members (excludes halogenated alkanes) is 3. The highest BCUT2D eigenvalue weighted by Crippen LogP contribution is 2.41. The summed E-state index contributed by atoms with van der Waals surface area (Å²) in [6.45, 7) is 11.7. The highest BCUT2D eigenvalue weighted by molar-refractivity contribution is 5.99. The first-order valence-electron chi connectivity index (χ1n) is 13.2. The van der Waals surface area contributed by atoms with E-state index < -0.39 is 6.04 Å². The lowest BCUT2D eigenvalue weighted by atomic mass is 9.96. The number of benzene rings is 2. The summed E-state index contributed by atoms with van der Waals surface area (Å²) in [6.07, 6.45) is 4.98. The van der Waals surface area contributed by atoms with Crippen LogP contribution in [0.3, 0.4) is 0 Å². The number of fused-ring (bicyclic) bond motifs is 2. The first-order chi connectivity index (χ1) is 17.4. The predicted octanol–water partition coefficient (Wildman–Crippen LogP) is 6.72. The van der Waals surface area contributed by atoms with Crippen molar-refractivity contribution in [1.82, 2.24) is 4.90 Å². The van der Waals surface area contributed by atoms with Crippen molar-refractivity contribution in [3.63, 3.8) is 0 Å². The van der Waals surface area contributed by atoms with Crippen molar-refractivity contribution in [3.05, 3.63) is 68.6 Å². The Balaban J connectivity index is 1.84. The summed E-state index contributed by atoms with van der Waals surface area (Å²) in [4.78, 5) is 29.2. The van der Waals surface area contributed by atoms with E-state index in [-0.39, 0.29) is 17.1 Å². The van der Waals surface area contributed by atoms with Crippen LogP contribution in [0.5, 0.6) is 11.5 Å². The average molecular weight is 492 g/mol. The second kappa shape index (κ2) is 11.2. The van der Waals surface area contributed by atoms with Crippen molar-refractivity contribution < 1.29 is 18.7 Å². The standard InChI is InChI=1S/C30H37NO5/c1-6-9-11-15-35-22-13-12-21(18-23(22)34-8-3)27-26-28(32)25-20(5)16-19(4)17-24(25)36-29(26)30(33)31(27)14-10-7-2/h12-13,16-18,27H,6-11,14-15H2,1-5H3. The second-order valence-corrected chi connectivity index (χ2v) is 9.58. The van der Waals surface area contributed by atoms with Gasteiger partial charge in [0, 0.05) is 6.54 Å². The molecule has 0 fully saturated rings. The molecule has 1 amide bonds. The van der Waals surface area contributed by atoms with Crippen molar-refractivity contribution in [2.24, 2.45) is 0 Å². The molecule has 2 heterocycles. The molecule has 1 aliphatic rings. The molecule has 3 aromatic rings. The molecule has 2 aromatic carbocycles. The van der Waals surface area contributed by atoms with Crippen molar-refractivity contribution in [1.29, 1.82) is 0 Å². The van der Waals surface area contributed by atoms with Crippen LogP contribution in [0.1, 0.15) is 91.7 Å². The molecule has 6 heteroatoms. The van der Waals surface area contributed by atoms with Crippen molar-refractivity contribution >= 4 is 16.9 Å². The maximum Gasteiger partial charge on any atom is 0.290 e. The topological polar surface area (TPSA) is 69.0 Å². The van der Waals surface area contributed by atoms with E-state index in [1.54, 1.807) is 4.90 Å². The van der Waals surface area contributed by atoms with Gasteiger partial charge in [-0.2, -0.15) is 0 Å². The molecule has 0 aliphatic carbocycles. The highest BCUT2D eigenvalue weighted by Gasteiger charge is 2.42. The number of hydrogen-bond donors (Lipinski definition) is 0. The third kappa shape index (κ3) is 4.86. The van der Waals surface area contributed by atoms with E-state index in [0.717, 1.165) is 48.8 Å². The second-order valence-electron chi connectivity index (χ2n) is 9.58. The largest absolute Gasteiger partial charge is 0.490 e. The smallest absolute Gasteiger partial charge is 0.290 e. The van der Waals surface area contributed by atoms with E-state index >= 15 is 0 Å². The van der Waals surface area contributed by atoms with Gasteiger partial charge >= 0.3 is 0 Å². The first kappa shape index (κ1) is 25.8. The van der Waals surface area contributed by atoms with Crippen LogP contribution >= 0.6 is 0 Å². The molecule has 192 valence electrons. The van der Waals surface area contributed by atoms with Gasteiger partial charge in [0.25, 0.3) is 5.91 Å². The maximum absolute atomic E-state index is 13.9. The van der Waals surface area contributed by atoms with E-state index in [2.05, 4.69) is 13.8 Å². The molecular formula is C30H37NO5. The normalized spacial score (nSPS) is 15.0. The lowest BCUT2D eigenvalue weighted by Gasteiger charge is -2.26. The number of amides is 1. The van der Waals surface area contributed by atoms with Gasteiger partial charge in [-0.3, -0.25) is 9.59 Å². The lowest BCUT2D eigenvalue weighted by Crippen LogP contribution is -2.30. The quantitative estimate of drug-likeness (QED) is 0.278. The van der Waals surface area contributed by atoms with Crippen LogP contribution in [0.2, 0.25) is 0 Å². The van der Waals surface area contributed by atoms with Crippen molar-refractivity contribution in [2.75, 3.05) is 19.8 Å². The minimum Gasteiger partial charge on any atom is -0.490 e. The van der Waals surface area contributed by atoms with Gasteiger partial charge in [-0.15, -0.1) is 0 Å². The molecule has 1 aromatic heterocycles. The molecule has 36 heavy (non-hydrogen) atoms. The Morgan fingerprint density at radius 1 is 0.917 bits per heavy atom. The number of carbonyl (C=O) groups excluding carboxylic acids is 1. The number of carbonyl (C=O) groups is 1. The Labute approximate surface area is 213 Å². The van der Waals surface area contributed by atoms with E-state index in [1.807, 2.05) is 51.1 Å². The van der Waals surface area contributed by atoms with Gasteiger partial charge in [0.05, 0.1) is 30.2 Å². The van der Waals surface area contributed by atoms with Crippen LogP contribution in [0, 0.1) is 13.8 Å². The zero-order valence-corrected chi connectivity index (χ0v) is 22.1. The number of rotatable bonds is 11. The summed E-state index contributed by atoms with van der Waals surface area (Å²) in [6, 6.07) is 9.02. The Bertz CT molecular complexity index is 1310. The van der Waals surface area contributed by atoms with Crippen LogP contribution in [0.15, 0.2) is 39.5 Å². The fourth-order valence-corrected chi connectivity index (χ4v) is 5.04. The molecule has 0 bridgehead atoms. The number of nitrogens with zero attached hydrogens (tertiary/aromatic N) is 1. The predicted molar refractivity (Wildman–Crippen MR) is 142 cm³/mol. The van der Waals surface area contributed by atoms with Gasteiger partial charge in [-0.25, -0.2) is 0 Å². The highest BCUT2D eigenvalue weighted by atomic mass is 16.5. The van der Waals surface area contributed by atoms with Crippen LogP contribution in [0.25, 0.3) is 11.0 Å². The summed E-state index contributed by atoms with van der Waals surface area (Å²) in [5.74, 6) is 1.22. The Hall–Kier alpha value is -3.28. The molecule has 0 saturated carbocycles. The minimum absolute atomic E-state index is 0.140. The van der Waals surface area contributed by atoms with E-state index in [9.17, 15) is 9.59 Å². The van der Waals surface area contributed by atoms with Gasteiger partial charge in [0.1, 0.15) is 5.58 Å². The summed E-state index contributed by atoms with van der Waals surface area (Å²) in [7, 11) is 0. The van der Waals surface area contributed by atoms with Crippen LogP contribution in [0.4, 0.5) is 0 Å².